The number of rotatable bonds is 14. The molecule has 0 aliphatic carbocycles. The summed E-state index contributed by atoms with van der Waals surface area (Å²) >= 11 is 3.42. The number of benzene rings is 4. The molecule has 0 aromatic heterocycles. The zero-order valence-corrected chi connectivity index (χ0v) is 28.4. The Morgan fingerprint density at radius 1 is 0.844 bits per heavy atom. The molecule has 9 heteroatoms. The Morgan fingerprint density at radius 2 is 1.49 bits per heavy atom. The number of sulfonamides is 1. The number of halogens is 1. The molecule has 2 amide bonds. The Labute approximate surface area is 275 Å². The highest BCUT2D eigenvalue weighted by Crippen LogP contribution is 2.27. The maximum Gasteiger partial charge on any atom is 0.264 e. The molecule has 0 aliphatic heterocycles. The molecule has 4 aromatic carbocycles. The summed E-state index contributed by atoms with van der Waals surface area (Å²) in [6, 6.07) is 29.8. The quantitative estimate of drug-likeness (QED) is 0.147. The second kappa shape index (κ2) is 15.9. The van der Waals surface area contributed by atoms with E-state index in [2.05, 4.69) is 21.2 Å². The lowest BCUT2D eigenvalue weighted by Crippen LogP contribution is -2.53. The summed E-state index contributed by atoms with van der Waals surface area (Å²) in [5.41, 5.74) is 4.00. The van der Waals surface area contributed by atoms with Gasteiger partial charge in [0.1, 0.15) is 12.6 Å². The lowest BCUT2D eigenvalue weighted by Gasteiger charge is -2.34. The number of nitrogens with zero attached hydrogens (tertiary/aromatic N) is 2. The zero-order chi connectivity index (χ0) is 32.4. The topological polar surface area (TPSA) is 86.8 Å². The summed E-state index contributed by atoms with van der Waals surface area (Å²) in [7, 11) is -4.15. The smallest absolute Gasteiger partial charge is 0.264 e. The van der Waals surface area contributed by atoms with E-state index in [0.29, 0.717) is 12.2 Å². The highest BCUT2D eigenvalue weighted by Gasteiger charge is 2.34. The minimum absolute atomic E-state index is 0.0763. The van der Waals surface area contributed by atoms with E-state index in [1.54, 1.807) is 48.5 Å². The number of anilines is 1. The summed E-state index contributed by atoms with van der Waals surface area (Å²) in [6.45, 7) is 6.03. The van der Waals surface area contributed by atoms with Gasteiger partial charge in [0, 0.05) is 24.0 Å². The number of nitrogens with one attached hydrogen (secondary N) is 1. The van der Waals surface area contributed by atoms with Crippen molar-refractivity contribution >= 4 is 43.5 Å². The van der Waals surface area contributed by atoms with Crippen LogP contribution in [0.4, 0.5) is 5.69 Å². The summed E-state index contributed by atoms with van der Waals surface area (Å²) in [5, 5.41) is 3.02. The fourth-order valence-electron chi connectivity index (χ4n) is 5.00. The number of hydrogen-bond acceptors (Lipinski definition) is 4. The molecule has 1 N–H and O–H groups in total. The third-order valence-corrected chi connectivity index (χ3v) is 10.0. The molecule has 0 heterocycles. The molecule has 0 spiro atoms. The standard InChI is InChI=1S/C36H40BrN3O4S/c1-4-5-23-38-36(42)34(24-29-12-7-6-8-13-29)39(25-30-14-10-9-11-28(30)3)35(41)26-40(32-19-17-31(37)18-20-32)45(43,44)33-21-15-27(2)16-22-33/h6-22,34H,4-5,23-26H2,1-3H3,(H,38,42). The van der Waals surface area contributed by atoms with E-state index in [4.69, 9.17) is 0 Å². The molecule has 4 rings (SSSR count). The van der Waals surface area contributed by atoms with Gasteiger partial charge in [0.05, 0.1) is 10.6 Å². The summed E-state index contributed by atoms with van der Waals surface area (Å²) in [4.78, 5) is 30.0. The van der Waals surface area contributed by atoms with Crippen LogP contribution in [0.5, 0.6) is 0 Å². The van der Waals surface area contributed by atoms with Gasteiger partial charge in [-0.1, -0.05) is 102 Å². The molecule has 236 valence electrons. The number of carbonyl (C=O) groups excluding carboxylic acids is 2. The minimum Gasteiger partial charge on any atom is -0.354 e. The van der Waals surface area contributed by atoms with Crippen LogP contribution in [-0.2, 0) is 32.6 Å². The average molecular weight is 691 g/mol. The Bertz CT molecular complexity index is 1680. The lowest BCUT2D eigenvalue weighted by atomic mass is 10.0. The van der Waals surface area contributed by atoms with Crippen LogP contribution in [0.25, 0.3) is 0 Å². The first-order valence-corrected chi connectivity index (χ1v) is 17.3. The molecule has 0 fully saturated rings. The molecule has 1 unspecified atom stereocenters. The Kier molecular flexibility index (Phi) is 12.0. The minimum atomic E-state index is -4.15. The van der Waals surface area contributed by atoms with Gasteiger partial charge in [-0.05, 0) is 73.4 Å². The summed E-state index contributed by atoms with van der Waals surface area (Å²) < 4.78 is 30.2. The highest BCUT2D eigenvalue weighted by atomic mass is 79.9. The van der Waals surface area contributed by atoms with Crippen molar-refractivity contribution in [2.24, 2.45) is 0 Å². The molecule has 1 atom stereocenters. The number of unbranched alkanes of at least 4 members (excludes halogenated alkanes) is 1. The molecule has 4 aromatic rings. The van der Waals surface area contributed by atoms with Crippen molar-refractivity contribution < 1.29 is 18.0 Å². The number of carbonyl (C=O) groups is 2. The van der Waals surface area contributed by atoms with E-state index < -0.39 is 28.5 Å². The average Bonchev–Trinajstić information content (AvgIpc) is 3.03. The van der Waals surface area contributed by atoms with Crippen molar-refractivity contribution in [1.82, 2.24) is 10.2 Å². The molecule has 7 nitrogen and oxygen atoms in total. The third kappa shape index (κ3) is 9.05. The zero-order valence-electron chi connectivity index (χ0n) is 25.9. The van der Waals surface area contributed by atoms with Crippen LogP contribution in [0.15, 0.2) is 112 Å². The van der Waals surface area contributed by atoms with E-state index in [0.717, 1.165) is 43.9 Å². The molecule has 0 aliphatic rings. The van der Waals surface area contributed by atoms with Crippen molar-refractivity contribution in [2.45, 2.75) is 57.5 Å². The van der Waals surface area contributed by atoms with Crippen molar-refractivity contribution in [3.8, 4) is 0 Å². The molecular weight excluding hydrogens is 650 g/mol. The molecule has 0 saturated carbocycles. The summed E-state index contributed by atoms with van der Waals surface area (Å²) in [6.07, 6.45) is 2.00. The fraction of sp³-hybridized carbons (Fsp3) is 0.278. The van der Waals surface area contributed by atoms with Gasteiger partial charge in [-0.25, -0.2) is 8.42 Å². The number of amides is 2. The molecule has 45 heavy (non-hydrogen) atoms. The van der Waals surface area contributed by atoms with Crippen LogP contribution in [0.1, 0.15) is 42.0 Å². The maximum atomic E-state index is 14.5. The Balaban J connectivity index is 1.79. The van der Waals surface area contributed by atoms with Crippen LogP contribution in [0, 0.1) is 13.8 Å². The highest BCUT2D eigenvalue weighted by molar-refractivity contribution is 9.10. The van der Waals surface area contributed by atoms with Crippen LogP contribution < -0.4 is 9.62 Å². The van der Waals surface area contributed by atoms with Gasteiger partial charge in [0.25, 0.3) is 10.0 Å². The fourth-order valence-corrected chi connectivity index (χ4v) is 6.68. The second-order valence-corrected chi connectivity index (χ2v) is 13.9. The predicted molar refractivity (Wildman–Crippen MR) is 183 cm³/mol. The van der Waals surface area contributed by atoms with Crippen molar-refractivity contribution in [3.05, 3.63) is 130 Å². The number of hydrogen-bond donors (Lipinski definition) is 1. The normalized spacial score (nSPS) is 11.9. The van der Waals surface area contributed by atoms with E-state index >= 15 is 0 Å². The molecular formula is C36H40BrN3O4S. The van der Waals surface area contributed by atoms with Crippen molar-refractivity contribution in [3.63, 3.8) is 0 Å². The lowest BCUT2D eigenvalue weighted by molar-refractivity contribution is -0.140. The second-order valence-electron chi connectivity index (χ2n) is 11.1. The van der Waals surface area contributed by atoms with Crippen LogP contribution in [-0.4, -0.2) is 44.3 Å². The van der Waals surface area contributed by atoms with E-state index in [1.807, 2.05) is 75.4 Å². The van der Waals surface area contributed by atoms with Gasteiger partial charge in [-0.3, -0.25) is 13.9 Å². The SMILES string of the molecule is CCCCNC(=O)C(Cc1ccccc1)N(Cc1ccccc1C)C(=O)CN(c1ccc(Br)cc1)S(=O)(=O)c1ccc(C)cc1. The molecule has 0 bridgehead atoms. The number of aryl methyl sites for hydroxylation is 2. The van der Waals surface area contributed by atoms with E-state index in [1.165, 1.54) is 4.90 Å². The Hall–Kier alpha value is -3.95. The van der Waals surface area contributed by atoms with Crippen LogP contribution in [0.3, 0.4) is 0 Å². The first-order chi connectivity index (χ1) is 21.6. The first-order valence-electron chi connectivity index (χ1n) is 15.1. The first kappa shape index (κ1) is 33.9. The van der Waals surface area contributed by atoms with Gasteiger partial charge in [-0.2, -0.15) is 0 Å². The van der Waals surface area contributed by atoms with Gasteiger partial charge in [0.2, 0.25) is 11.8 Å². The molecule has 0 saturated heterocycles. The van der Waals surface area contributed by atoms with Crippen molar-refractivity contribution in [2.75, 3.05) is 17.4 Å². The third-order valence-electron chi connectivity index (χ3n) is 7.71. The van der Waals surface area contributed by atoms with Crippen molar-refractivity contribution in [1.29, 1.82) is 0 Å². The maximum absolute atomic E-state index is 14.5. The molecule has 0 radical (unpaired) electrons. The summed E-state index contributed by atoms with van der Waals surface area (Å²) in [5.74, 6) is -0.755. The largest absolute Gasteiger partial charge is 0.354 e. The van der Waals surface area contributed by atoms with Gasteiger partial charge < -0.3 is 10.2 Å². The monoisotopic (exact) mass is 689 g/mol. The van der Waals surface area contributed by atoms with Crippen LogP contribution >= 0.6 is 15.9 Å². The predicted octanol–water partition coefficient (Wildman–Crippen LogP) is 6.82. The van der Waals surface area contributed by atoms with Crippen LogP contribution in [0.2, 0.25) is 0 Å². The van der Waals surface area contributed by atoms with Gasteiger partial charge >= 0.3 is 0 Å². The van der Waals surface area contributed by atoms with E-state index in [9.17, 15) is 18.0 Å². The van der Waals surface area contributed by atoms with Gasteiger partial charge in [-0.15, -0.1) is 0 Å². The van der Waals surface area contributed by atoms with Gasteiger partial charge in [0.15, 0.2) is 0 Å². The van der Waals surface area contributed by atoms with E-state index in [-0.39, 0.29) is 23.8 Å². The Morgan fingerprint density at radius 3 is 2.13 bits per heavy atom.